The van der Waals surface area contributed by atoms with E-state index >= 15 is 0 Å². The van der Waals surface area contributed by atoms with Crippen LogP contribution in [0.15, 0.2) is 120 Å². The highest BCUT2D eigenvalue weighted by atomic mass is 79.9. The first kappa shape index (κ1) is 32.1. The minimum absolute atomic E-state index is 0.0943. The number of phenols is 2. The van der Waals surface area contributed by atoms with Crippen molar-refractivity contribution in [2.45, 2.75) is 26.9 Å². The zero-order valence-corrected chi connectivity index (χ0v) is 26.4. The first-order valence-corrected chi connectivity index (χ1v) is 15.1. The van der Waals surface area contributed by atoms with Crippen LogP contribution in [0.5, 0.6) is 28.7 Å². The van der Waals surface area contributed by atoms with Crippen LogP contribution in [0.2, 0.25) is 0 Å². The predicted octanol–water partition coefficient (Wildman–Crippen LogP) is 8.36. The van der Waals surface area contributed by atoms with E-state index in [-0.39, 0.29) is 35.4 Å². The highest BCUT2D eigenvalue weighted by Gasteiger charge is 2.18. The molecule has 234 valence electrons. The third-order valence-corrected chi connectivity index (χ3v) is 7.47. The monoisotopic (exact) mass is 684 g/mol. The number of fused-ring (bicyclic) bond motifs is 2. The summed E-state index contributed by atoms with van der Waals surface area (Å²) in [7, 11) is 0. The molecular formula is C36H29BrO9. The van der Waals surface area contributed by atoms with Crippen LogP contribution >= 0.6 is 15.9 Å². The van der Waals surface area contributed by atoms with E-state index in [1.165, 1.54) is 18.2 Å². The predicted molar refractivity (Wildman–Crippen MR) is 177 cm³/mol. The molecule has 0 amide bonds. The van der Waals surface area contributed by atoms with E-state index in [2.05, 4.69) is 15.9 Å². The van der Waals surface area contributed by atoms with Gasteiger partial charge in [-0.15, -0.1) is 0 Å². The largest absolute Gasteiger partial charge is 0.508 e. The molecule has 0 spiro atoms. The second-order valence-corrected chi connectivity index (χ2v) is 11.6. The van der Waals surface area contributed by atoms with Gasteiger partial charge in [-0.05, 0) is 88.1 Å². The second-order valence-electron chi connectivity index (χ2n) is 10.8. The van der Waals surface area contributed by atoms with Crippen LogP contribution in [0.4, 0.5) is 0 Å². The summed E-state index contributed by atoms with van der Waals surface area (Å²) in [5.74, 6) is 1.61. The highest BCUT2D eigenvalue weighted by Crippen LogP contribution is 2.38. The minimum Gasteiger partial charge on any atom is -0.508 e. The topological polar surface area (TPSA) is 136 Å². The maximum Gasteiger partial charge on any atom is 0.336 e. The van der Waals surface area contributed by atoms with Gasteiger partial charge >= 0.3 is 11.3 Å². The number of rotatable bonds is 8. The smallest absolute Gasteiger partial charge is 0.336 e. The summed E-state index contributed by atoms with van der Waals surface area (Å²) in [6, 6.07) is 26.6. The van der Waals surface area contributed by atoms with Crippen molar-refractivity contribution in [3.05, 3.63) is 134 Å². The van der Waals surface area contributed by atoms with Crippen molar-refractivity contribution in [2.75, 3.05) is 0 Å². The molecule has 0 fully saturated rings. The van der Waals surface area contributed by atoms with Crippen LogP contribution < -0.4 is 20.7 Å². The van der Waals surface area contributed by atoms with Crippen molar-refractivity contribution in [1.82, 2.24) is 0 Å². The number of halogens is 1. The summed E-state index contributed by atoms with van der Waals surface area (Å²) in [5, 5.41) is 21.1. The fourth-order valence-electron chi connectivity index (χ4n) is 4.51. The van der Waals surface area contributed by atoms with Gasteiger partial charge in [0.05, 0.1) is 5.56 Å². The van der Waals surface area contributed by atoms with Gasteiger partial charge in [0, 0.05) is 41.5 Å². The van der Waals surface area contributed by atoms with Crippen LogP contribution in [0.1, 0.15) is 36.2 Å². The molecule has 6 rings (SSSR count). The quantitative estimate of drug-likeness (QED) is 0.120. The van der Waals surface area contributed by atoms with Crippen LogP contribution in [0.25, 0.3) is 21.9 Å². The Bertz CT molecular complexity index is 2150. The lowest BCUT2D eigenvalue weighted by atomic mass is 10.0. The van der Waals surface area contributed by atoms with E-state index in [9.17, 15) is 19.5 Å². The molecule has 10 heteroatoms. The molecule has 0 saturated carbocycles. The highest BCUT2D eigenvalue weighted by molar-refractivity contribution is 9.10. The molecule has 0 saturated heterocycles. The van der Waals surface area contributed by atoms with Crippen LogP contribution in [0, 0.1) is 5.92 Å². The number of carbonyl (C=O) groups is 1. The Kier molecular flexibility index (Phi) is 9.88. The SMILES string of the molecule is CC(C)CC(=O)c1ccc(OCc2cccc(Oc3ccc4ccc(=O)oc4c3)c2)c(Br)c1O.O=c1ccc2ccc(O)cc2o1. The van der Waals surface area contributed by atoms with Gasteiger partial charge in [-0.2, -0.15) is 0 Å². The summed E-state index contributed by atoms with van der Waals surface area (Å²) in [6.45, 7) is 4.13. The molecule has 9 nitrogen and oxygen atoms in total. The Hall–Kier alpha value is -5.35. The van der Waals surface area contributed by atoms with Crippen molar-refractivity contribution in [2.24, 2.45) is 5.92 Å². The number of Topliss-reactive ketones (excluding diaryl/α,β-unsaturated/α-hetero) is 1. The van der Waals surface area contributed by atoms with Crippen molar-refractivity contribution in [1.29, 1.82) is 0 Å². The van der Waals surface area contributed by atoms with E-state index < -0.39 is 11.3 Å². The lowest BCUT2D eigenvalue weighted by Crippen LogP contribution is -2.05. The zero-order valence-electron chi connectivity index (χ0n) is 24.9. The van der Waals surface area contributed by atoms with Gasteiger partial charge in [0.25, 0.3) is 0 Å². The van der Waals surface area contributed by atoms with Crippen LogP contribution in [-0.4, -0.2) is 16.0 Å². The lowest BCUT2D eigenvalue weighted by molar-refractivity contribution is 0.0965. The molecule has 0 radical (unpaired) electrons. The maximum absolute atomic E-state index is 12.3. The summed E-state index contributed by atoms with van der Waals surface area (Å²) < 4.78 is 22.2. The molecule has 0 unspecified atom stereocenters. The number of ether oxygens (including phenoxy) is 2. The minimum atomic E-state index is -0.418. The molecule has 2 aromatic heterocycles. The van der Waals surface area contributed by atoms with Gasteiger partial charge < -0.3 is 28.5 Å². The molecule has 4 aromatic carbocycles. The van der Waals surface area contributed by atoms with E-state index in [0.717, 1.165) is 16.3 Å². The molecule has 6 aromatic rings. The lowest BCUT2D eigenvalue weighted by Gasteiger charge is -2.13. The Balaban J connectivity index is 0.000000289. The fraction of sp³-hybridized carbons (Fsp3) is 0.139. The molecule has 46 heavy (non-hydrogen) atoms. The third-order valence-electron chi connectivity index (χ3n) is 6.70. The van der Waals surface area contributed by atoms with Gasteiger partial charge in [-0.25, -0.2) is 9.59 Å². The average molecular weight is 686 g/mol. The first-order chi connectivity index (χ1) is 22.0. The summed E-state index contributed by atoms with van der Waals surface area (Å²) in [4.78, 5) is 34.6. The average Bonchev–Trinajstić information content (AvgIpc) is 3.01. The van der Waals surface area contributed by atoms with Gasteiger partial charge in [-0.1, -0.05) is 26.0 Å². The number of ketones is 1. The molecule has 0 bridgehead atoms. The second kappa shape index (κ2) is 14.2. The molecule has 0 atom stereocenters. The van der Waals surface area contributed by atoms with Gasteiger partial charge in [-0.3, -0.25) is 4.79 Å². The normalized spacial score (nSPS) is 10.9. The van der Waals surface area contributed by atoms with Crippen LogP contribution in [-0.2, 0) is 6.61 Å². The van der Waals surface area contributed by atoms with E-state index in [1.54, 1.807) is 48.5 Å². The van der Waals surface area contributed by atoms with Crippen molar-refractivity contribution in [3.63, 3.8) is 0 Å². The molecular weight excluding hydrogens is 656 g/mol. The first-order valence-electron chi connectivity index (χ1n) is 14.3. The number of benzene rings is 4. The van der Waals surface area contributed by atoms with E-state index in [0.29, 0.717) is 39.3 Å². The number of phenolic OH excluding ortho intramolecular Hbond substituents is 2. The Morgan fingerprint density at radius 1 is 0.783 bits per heavy atom. The van der Waals surface area contributed by atoms with Crippen molar-refractivity contribution >= 4 is 43.7 Å². The molecule has 0 aliphatic heterocycles. The maximum atomic E-state index is 12.3. The third kappa shape index (κ3) is 8.02. The number of hydrogen-bond acceptors (Lipinski definition) is 9. The fourth-order valence-corrected chi connectivity index (χ4v) is 4.97. The summed E-state index contributed by atoms with van der Waals surface area (Å²) in [6.07, 6.45) is 0.357. The van der Waals surface area contributed by atoms with Gasteiger partial charge in [0.15, 0.2) is 5.78 Å². The molecule has 0 aliphatic rings. The van der Waals surface area contributed by atoms with Crippen molar-refractivity contribution < 1.29 is 33.3 Å². The Morgan fingerprint density at radius 2 is 1.41 bits per heavy atom. The Morgan fingerprint density at radius 3 is 2.11 bits per heavy atom. The van der Waals surface area contributed by atoms with Crippen molar-refractivity contribution in [3.8, 4) is 28.7 Å². The zero-order chi connectivity index (χ0) is 32.8. The number of aromatic hydroxyl groups is 2. The molecule has 0 aliphatic carbocycles. The summed E-state index contributed by atoms with van der Waals surface area (Å²) >= 11 is 3.34. The number of carbonyl (C=O) groups excluding carboxylic acids is 1. The molecule has 2 heterocycles. The van der Waals surface area contributed by atoms with Gasteiger partial charge in [0.1, 0.15) is 51.0 Å². The van der Waals surface area contributed by atoms with E-state index in [4.69, 9.17) is 23.4 Å². The van der Waals surface area contributed by atoms with Gasteiger partial charge in [0.2, 0.25) is 0 Å². The van der Waals surface area contributed by atoms with Crippen LogP contribution in [0.3, 0.4) is 0 Å². The summed E-state index contributed by atoms with van der Waals surface area (Å²) in [5.41, 5.74) is 1.14. The Labute approximate surface area is 271 Å². The molecule has 2 N–H and O–H groups in total. The van der Waals surface area contributed by atoms with E-state index in [1.807, 2.05) is 44.2 Å². The number of hydrogen-bond donors (Lipinski definition) is 2. The standard InChI is InChI=1S/C27H23BrO6.C9H6O3/c1-16(2)12-22(29)21-9-10-23(26(28)27(21)31)32-15-17-4-3-5-19(13-17)33-20-8-6-18-7-11-25(30)34-24(18)14-20;10-7-3-1-6-2-4-9(11)12-8(6)5-7/h3-11,13-14,16,31H,12,15H2,1-2H3;1-5,10H.